The first-order chi connectivity index (χ1) is 7.79. The van der Waals surface area contributed by atoms with Gasteiger partial charge in [0.15, 0.2) is 0 Å². The Morgan fingerprint density at radius 2 is 2.25 bits per heavy atom. The number of nitrogens with one attached hydrogen (secondary N) is 1. The van der Waals surface area contributed by atoms with E-state index in [1.54, 1.807) is 0 Å². The van der Waals surface area contributed by atoms with Crippen LogP contribution in [0.5, 0.6) is 5.75 Å². The van der Waals surface area contributed by atoms with Crippen molar-refractivity contribution in [2.45, 2.75) is 26.8 Å². The first-order valence-electron chi connectivity index (χ1n) is 6.22. The van der Waals surface area contributed by atoms with E-state index >= 15 is 0 Å². The normalized spacial score (nSPS) is 23.1. The fourth-order valence-electron chi connectivity index (χ4n) is 2.00. The summed E-state index contributed by atoms with van der Waals surface area (Å²) in [6.45, 7) is 7.17. The number of rotatable bonds is 6. The molecule has 16 heavy (non-hydrogen) atoms. The highest BCUT2D eigenvalue weighted by atomic mass is 16.5. The van der Waals surface area contributed by atoms with Crippen molar-refractivity contribution in [3.05, 3.63) is 29.8 Å². The topological polar surface area (TPSA) is 21.3 Å². The minimum absolute atomic E-state index is 0.733. The van der Waals surface area contributed by atoms with Gasteiger partial charge in [-0.2, -0.15) is 0 Å². The van der Waals surface area contributed by atoms with Crippen molar-refractivity contribution in [3.8, 4) is 5.75 Å². The summed E-state index contributed by atoms with van der Waals surface area (Å²) in [7, 11) is 0. The summed E-state index contributed by atoms with van der Waals surface area (Å²) < 4.78 is 5.48. The van der Waals surface area contributed by atoms with Crippen LogP contribution >= 0.6 is 0 Å². The minimum Gasteiger partial charge on any atom is -0.494 e. The predicted octanol–water partition coefficient (Wildman–Crippen LogP) is 2.83. The van der Waals surface area contributed by atoms with E-state index in [1.807, 2.05) is 13.0 Å². The average Bonchev–Trinajstić information content (AvgIpc) is 2.96. The lowest BCUT2D eigenvalue weighted by Gasteiger charge is -2.07. The SMILES string of the molecule is CCOc1cccc(CNCC2CC2C)c1. The summed E-state index contributed by atoms with van der Waals surface area (Å²) in [6, 6.07) is 8.33. The van der Waals surface area contributed by atoms with Gasteiger partial charge in [0.25, 0.3) is 0 Å². The van der Waals surface area contributed by atoms with Crippen LogP contribution in [0.4, 0.5) is 0 Å². The van der Waals surface area contributed by atoms with Crippen molar-refractivity contribution in [1.29, 1.82) is 0 Å². The molecule has 0 aliphatic heterocycles. The quantitative estimate of drug-likeness (QED) is 0.794. The van der Waals surface area contributed by atoms with Crippen molar-refractivity contribution < 1.29 is 4.74 Å². The Labute approximate surface area is 98.0 Å². The number of hydrogen-bond donors (Lipinski definition) is 1. The lowest BCUT2D eigenvalue weighted by molar-refractivity contribution is 0.340. The molecule has 1 aliphatic rings. The molecule has 1 aromatic rings. The average molecular weight is 219 g/mol. The largest absolute Gasteiger partial charge is 0.494 e. The van der Waals surface area contributed by atoms with Crippen LogP contribution < -0.4 is 10.1 Å². The van der Waals surface area contributed by atoms with Crippen LogP contribution in [-0.2, 0) is 6.54 Å². The Bertz CT molecular complexity index is 337. The molecule has 1 fully saturated rings. The van der Waals surface area contributed by atoms with Gasteiger partial charge in [0.2, 0.25) is 0 Å². The first-order valence-corrected chi connectivity index (χ1v) is 6.22. The zero-order chi connectivity index (χ0) is 11.4. The highest BCUT2D eigenvalue weighted by Gasteiger charge is 2.31. The molecule has 2 unspecified atom stereocenters. The lowest BCUT2D eigenvalue weighted by Crippen LogP contribution is -2.16. The predicted molar refractivity (Wildman–Crippen MR) is 66.6 cm³/mol. The molecular formula is C14H21NO. The summed E-state index contributed by atoms with van der Waals surface area (Å²) >= 11 is 0. The second kappa shape index (κ2) is 5.35. The minimum atomic E-state index is 0.733. The van der Waals surface area contributed by atoms with Gasteiger partial charge in [-0.15, -0.1) is 0 Å². The molecule has 1 N–H and O–H groups in total. The van der Waals surface area contributed by atoms with Gasteiger partial charge in [-0.1, -0.05) is 19.1 Å². The molecule has 2 heteroatoms. The molecule has 0 spiro atoms. The van der Waals surface area contributed by atoms with Crippen LogP contribution in [0.1, 0.15) is 25.8 Å². The Morgan fingerprint density at radius 3 is 2.94 bits per heavy atom. The van der Waals surface area contributed by atoms with Gasteiger partial charge in [-0.25, -0.2) is 0 Å². The van der Waals surface area contributed by atoms with E-state index in [-0.39, 0.29) is 0 Å². The van der Waals surface area contributed by atoms with E-state index in [1.165, 1.54) is 12.0 Å². The molecule has 2 nitrogen and oxygen atoms in total. The van der Waals surface area contributed by atoms with E-state index in [0.29, 0.717) is 0 Å². The number of benzene rings is 1. The van der Waals surface area contributed by atoms with Gasteiger partial charge in [0, 0.05) is 6.54 Å². The molecule has 0 saturated heterocycles. The van der Waals surface area contributed by atoms with Crippen LogP contribution in [0.25, 0.3) is 0 Å². The van der Waals surface area contributed by atoms with E-state index < -0.39 is 0 Å². The van der Waals surface area contributed by atoms with E-state index in [2.05, 4.69) is 30.4 Å². The highest BCUT2D eigenvalue weighted by Crippen LogP contribution is 2.36. The molecule has 0 heterocycles. The Hall–Kier alpha value is -1.02. The van der Waals surface area contributed by atoms with Gasteiger partial charge in [0.05, 0.1) is 6.61 Å². The standard InChI is InChI=1S/C14H21NO/c1-3-16-14-6-4-5-12(8-14)9-15-10-13-7-11(13)2/h4-6,8,11,13,15H,3,7,9-10H2,1-2H3. The zero-order valence-corrected chi connectivity index (χ0v) is 10.2. The monoisotopic (exact) mass is 219 g/mol. The second-order valence-electron chi connectivity index (χ2n) is 4.68. The third-order valence-corrected chi connectivity index (χ3v) is 3.22. The molecule has 2 rings (SSSR count). The lowest BCUT2D eigenvalue weighted by atomic mass is 10.2. The van der Waals surface area contributed by atoms with Crippen molar-refractivity contribution in [1.82, 2.24) is 5.32 Å². The van der Waals surface area contributed by atoms with Crippen molar-refractivity contribution in [2.24, 2.45) is 11.8 Å². The van der Waals surface area contributed by atoms with Gasteiger partial charge < -0.3 is 10.1 Å². The van der Waals surface area contributed by atoms with Gasteiger partial charge in [0.1, 0.15) is 5.75 Å². The number of hydrogen-bond acceptors (Lipinski definition) is 2. The maximum atomic E-state index is 5.48. The summed E-state index contributed by atoms with van der Waals surface area (Å²) in [5.41, 5.74) is 1.30. The maximum Gasteiger partial charge on any atom is 0.119 e. The van der Waals surface area contributed by atoms with Crippen LogP contribution in [0, 0.1) is 11.8 Å². The maximum absolute atomic E-state index is 5.48. The van der Waals surface area contributed by atoms with Crippen molar-refractivity contribution in [3.63, 3.8) is 0 Å². The number of ether oxygens (including phenoxy) is 1. The van der Waals surface area contributed by atoms with E-state index in [9.17, 15) is 0 Å². The molecular weight excluding hydrogens is 198 g/mol. The van der Waals surface area contributed by atoms with Crippen LogP contribution in [0.15, 0.2) is 24.3 Å². The van der Waals surface area contributed by atoms with Crippen LogP contribution in [0.3, 0.4) is 0 Å². The molecule has 1 aromatic carbocycles. The van der Waals surface area contributed by atoms with Gasteiger partial charge >= 0.3 is 0 Å². The Kier molecular flexibility index (Phi) is 3.83. The molecule has 88 valence electrons. The second-order valence-corrected chi connectivity index (χ2v) is 4.68. The Morgan fingerprint density at radius 1 is 1.44 bits per heavy atom. The third kappa shape index (κ3) is 3.24. The van der Waals surface area contributed by atoms with E-state index in [0.717, 1.165) is 37.3 Å². The fraction of sp³-hybridized carbons (Fsp3) is 0.571. The van der Waals surface area contributed by atoms with E-state index in [4.69, 9.17) is 4.74 Å². The summed E-state index contributed by atoms with van der Waals surface area (Å²) in [4.78, 5) is 0. The fourth-order valence-corrected chi connectivity index (χ4v) is 2.00. The zero-order valence-electron chi connectivity index (χ0n) is 10.2. The molecule has 0 bridgehead atoms. The summed E-state index contributed by atoms with van der Waals surface area (Å²) in [5.74, 6) is 2.82. The third-order valence-electron chi connectivity index (χ3n) is 3.22. The Balaban J connectivity index is 1.77. The first kappa shape index (κ1) is 11.5. The molecule has 0 aromatic heterocycles. The molecule has 2 atom stereocenters. The van der Waals surface area contributed by atoms with Gasteiger partial charge in [-0.05, 0) is 49.4 Å². The van der Waals surface area contributed by atoms with Crippen molar-refractivity contribution >= 4 is 0 Å². The molecule has 0 amide bonds. The smallest absolute Gasteiger partial charge is 0.119 e. The molecule has 1 aliphatic carbocycles. The van der Waals surface area contributed by atoms with Crippen molar-refractivity contribution in [2.75, 3.05) is 13.2 Å². The van der Waals surface area contributed by atoms with Gasteiger partial charge in [-0.3, -0.25) is 0 Å². The molecule has 0 radical (unpaired) electrons. The molecule has 1 saturated carbocycles. The summed E-state index contributed by atoms with van der Waals surface area (Å²) in [5, 5.41) is 3.51. The van der Waals surface area contributed by atoms with Crippen LogP contribution in [0.2, 0.25) is 0 Å². The summed E-state index contributed by atoms with van der Waals surface area (Å²) in [6.07, 6.45) is 1.39. The highest BCUT2D eigenvalue weighted by molar-refractivity contribution is 5.28. The van der Waals surface area contributed by atoms with Crippen LogP contribution in [-0.4, -0.2) is 13.2 Å².